The van der Waals surface area contributed by atoms with Crippen LogP contribution in [-0.2, 0) is 0 Å². The molecule has 1 fully saturated rings. The lowest BCUT2D eigenvalue weighted by molar-refractivity contribution is 0.201. The Morgan fingerprint density at radius 1 is 1.10 bits per heavy atom. The van der Waals surface area contributed by atoms with Crippen LogP contribution in [0.2, 0.25) is 0 Å². The molecule has 0 heterocycles. The fourth-order valence-electron chi connectivity index (χ4n) is 2.73. The van der Waals surface area contributed by atoms with Crippen LogP contribution in [0, 0.1) is 0 Å². The zero-order chi connectivity index (χ0) is 14.7. The van der Waals surface area contributed by atoms with Gasteiger partial charge in [0, 0.05) is 15.1 Å². The third-order valence-corrected chi connectivity index (χ3v) is 6.24. The molecule has 1 N–H and O–H groups in total. The molecule has 2 aromatic carbocycles. The van der Waals surface area contributed by atoms with Gasteiger partial charge in [-0.2, -0.15) is 0 Å². The first-order chi connectivity index (χ1) is 10.3. The van der Waals surface area contributed by atoms with Crippen molar-refractivity contribution in [2.75, 3.05) is 5.75 Å². The number of thioether (sulfide) groups is 1. The van der Waals surface area contributed by atoms with E-state index in [-0.39, 0.29) is 0 Å². The molecule has 110 valence electrons. The van der Waals surface area contributed by atoms with Gasteiger partial charge in [-0.25, -0.2) is 0 Å². The second-order valence-electron chi connectivity index (χ2n) is 5.51. The van der Waals surface area contributed by atoms with Gasteiger partial charge < -0.3 is 5.11 Å². The second-order valence-corrected chi connectivity index (χ2v) is 7.43. The Bertz CT molecular complexity index is 610. The zero-order valence-electron chi connectivity index (χ0n) is 11.8. The van der Waals surface area contributed by atoms with E-state index in [0.717, 1.165) is 10.0 Å². The summed E-state index contributed by atoms with van der Waals surface area (Å²) in [5, 5.41) is 10.6. The quantitative estimate of drug-likeness (QED) is 0.704. The monoisotopic (exact) mass is 362 g/mol. The van der Waals surface area contributed by atoms with Gasteiger partial charge in [0.05, 0.1) is 6.10 Å². The smallest absolute Gasteiger partial charge is 0.0886 e. The van der Waals surface area contributed by atoms with Gasteiger partial charge in [-0.3, -0.25) is 0 Å². The van der Waals surface area contributed by atoms with Crippen molar-refractivity contribution in [2.24, 2.45) is 0 Å². The molecule has 1 saturated carbocycles. The summed E-state index contributed by atoms with van der Waals surface area (Å²) in [5.41, 5.74) is 2.46. The molecule has 3 heteroatoms. The summed E-state index contributed by atoms with van der Waals surface area (Å²) >= 11 is 5.26. The molecule has 0 bridgehead atoms. The van der Waals surface area contributed by atoms with Crippen LogP contribution in [0.15, 0.2) is 57.9 Å². The molecule has 0 amide bonds. The molecule has 1 nitrogen and oxygen atoms in total. The van der Waals surface area contributed by atoms with Gasteiger partial charge >= 0.3 is 0 Å². The summed E-state index contributed by atoms with van der Waals surface area (Å²) in [7, 11) is 0. The first kappa shape index (κ1) is 15.1. The molecule has 0 saturated heterocycles. The topological polar surface area (TPSA) is 20.2 Å². The van der Waals surface area contributed by atoms with Crippen molar-refractivity contribution >= 4 is 27.7 Å². The molecular weight excluding hydrogens is 344 g/mol. The van der Waals surface area contributed by atoms with Crippen molar-refractivity contribution in [3.63, 3.8) is 0 Å². The lowest BCUT2D eigenvalue weighted by Crippen LogP contribution is -2.14. The van der Waals surface area contributed by atoms with E-state index >= 15 is 0 Å². The molecule has 1 unspecified atom stereocenters. The Hall–Kier alpha value is -0.770. The summed E-state index contributed by atoms with van der Waals surface area (Å²) in [4.78, 5) is 1.18. The normalized spacial score (nSPS) is 16.5. The maximum Gasteiger partial charge on any atom is 0.0886 e. The SMILES string of the molecule is OC(CSc1ccccc1Br)c1ccccc1C1CCC1. The first-order valence-electron chi connectivity index (χ1n) is 7.40. The third kappa shape index (κ3) is 3.53. The van der Waals surface area contributed by atoms with Crippen LogP contribution in [-0.4, -0.2) is 10.9 Å². The lowest BCUT2D eigenvalue weighted by Gasteiger charge is -2.29. The van der Waals surface area contributed by atoms with Crippen LogP contribution in [0.4, 0.5) is 0 Å². The fraction of sp³-hybridized carbons (Fsp3) is 0.333. The van der Waals surface area contributed by atoms with Gasteiger partial charge in [0.15, 0.2) is 0 Å². The molecule has 0 radical (unpaired) electrons. The summed E-state index contributed by atoms with van der Waals surface area (Å²) in [5.74, 6) is 1.34. The molecule has 2 aromatic rings. The molecule has 0 spiro atoms. The zero-order valence-corrected chi connectivity index (χ0v) is 14.2. The standard InChI is InChI=1S/C18H19BrOS/c19-16-10-3-4-11-18(16)21-12-17(20)15-9-2-1-8-14(15)13-6-5-7-13/h1-4,8-11,13,17,20H,5-7,12H2. The maximum absolute atomic E-state index is 10.6. The van der Waals surface area contributed by atoms with E-state index in [1.54, 1.807) is 11.8 Å². The number of halogens is 1. The number of hydrogen-bond donors (Lipinski definition) is 1. The minimum absolute atomic E-state index is 0.404. The summed E-state index contributed by atoms with van der Waals surface area (Å²) in [6.45, 7) is 0. The van der Waals surface area contributed by atoms with E-state index in [1.807, 2.05) is 24.3 Å². The number of aliphatic hydroxyl groups is 1. The summed E-state index contributed by atoms with van der Waals surface area (Å²) in [6, 6.07) is 16.5. The van der Waals surface area contributed by atoms with E-state index in [9.17, 15) is 5.11 Å². The van der Waals surface area contributed by atoms with Gasteiger partial charge in [-0.05, 0) is 57.9 Å². The van der Waals surface area contributed by atoms with Crippen molar-refractivity contribution < 1.29 is 5.11 Å². The van der Waals surface area contributed by atoms with Crippen molar-refractivity contribution in [1.82, 2.24) is 0 Å². The fourth-order valence-corrected chi connectivity index (χ4v) is 4.25. The molecule has 0 aromatic heterocycles. The first-order valence-corrected chi connectivity index (χ1v) is 9.18. The Labute approximate surface area is 138 Å². The van der Waals surface area contributed by atoms with Crippen molar-refractivity contribution in [3.8, 4) is 0 Å². The molecule has 1 aliphatic carbocycles. The number of benzene rings is 2. The summed E-state index contributed by atoms with van der Waals surface area (Å²) in [6.07, 6.45) is 3.45. The third-order valence-electron chi connectivity index (χ3n) is 4.13. The van der Waals surface area contributed by atoms with Crippen molar-refractivity contribution in [1.29, 1.82) is 0 Å². The second kappa shape index (κ2) is 6.99. The minimum Gasteiger partial charge on any atom is -0.388 e. The van der Waals surface area contributed by atoms with E-state index in [4.69, 9.17) is 0 Å². The Kier molecular flexibility index (Phi) is 5.04. The average molecular weight is 363 g/mol. The highest BCUT2D eigenvalue weighted by atomic mass is 79.9. The van der Waals surface area contributed by atoms with Crippen LogP contribution in [0.5, 0.6) is 0 Å². The van der Waals surface area contributed by atoms with Crippen molar-refractivity contribution in [2.45, 2.75) is 36.2 Å². The number of aliphatic hydroxyl groups excluding tert-OH is 1. The van der Waals surface area contributed by atoms with Crippen molar-refractivity contribution in [3.05, 3.63) is 64.1 Å². The molecule has 3 rings (SSSR count). The molecule has 21 heavy (non-hydrogen) atoms. The highest BCUT2D eigenvalue weighted by molar-refractivity contribution is 9.10. The predicted octanol–water partition coefficient (Wildman–Crippen LogP) is 5.54. The summed E-state index contributed by atoms with van der Waals surface area (Å²) < 4.78 is 1.09. The average Bonchev–Trinajstić information content (AvgIpc) is 2.45. The van der Waals surface area contributed by atoms with Gasteiger partial charge in [-0.15, -0.1) is 11.8 Å². The van der Waals surface area contributed by atoms with E-state index < -0.39 is 6.10 Å². The van der Waals surface area contributed by atoms with E-state index in [1.165, 1.54) is 29.7 Å². The molecule has 0 aliphatic heterocycles. The highest BCUT2D eigenvalue weighted by Gasteiger charge is 2.24. The number of hydrogen-bond acceptors (Lipinski definition) is 2. The number of rotatable bonds is 5. The molecular formula is C18H19BrOS. The van der Waals surface area contributed by atoms with Gasteiger partial charge in [-0.1, -0.05) is 42.8 Å². The van der Waals surface area contributed by atoms with Crippen LogP contribution < -0.4 is 0 Å². The largest absolute Gasteiger partial charge is 0.388 e. The molecule has 1 atom stereocenters. The molecule has 1 aliphatic rings. The van der Waals surface area contributed by atoms with Gasteiger partial charge in [0.1, 0.15) is 0 Å². The van der Waals surface area contributed by atoms with E-state index in [0.29, 0.717) is 11.7 Å². The highest BCUT2D eigenvalue weighted by Crippen LogP contribution is 2.40. The minimum atomic E-state index is -0.404. The maximum atomic E-state index is 10.6. The van der Waals surface area contributed by atoms with Gasteiger partial charge in [0.25, 0.3) is 0 Å². The van der Waals surface area contributed by atoms with Crippen LogP contribution >= 0.6 is 27.7 Å². The predicted molar refractivity (Wildman–Crippen MR) is 92.9 cm³/mol. The van der Waals surface area contributed by atoms with Gasteiger partial charge in [0.2, 0.25) is 0 Å². The Morgan fingerprint density at radius 2 is 1.81 bits per heavy atom. The lowest BCUT2D eigenvalue weighted by atomic mass is 9.77. The van der Waals surface area contributed by atoms with Crippen LogP contribution in [0.25, 0.3) is 0 Å². The Morgan fingerprint density at radius 3 is 2.52 bits per heavy atom. The van der Waals surface area contributed by atoms with Crippen LogP contribution in [0.3, 0.4) is 0 Å². The van der Waals surface area contributed by atoms with Crippen LogP contribution in [0.1, 0.15) is 42.4 Å². The van der Waals surface area contributed by atoms with E-state index in [2.05, 4.69) is 40.2 Å². The Balaban J connectivity index is 1.71.